The minimum Gasteiger partial charge on any atom is -0.493 e. The monoisotopic (exact) mass is 449 g/mol. The SMILES string of the molecule is CCOc1ccc(-c2noc(C3CCN(C(=O)CCCc4ccccc4)CC3)n2)cc1OC. The molecule has 4 rings (SSSR count). The van der Waals surface area contributed by atoms with E-state index in [1.807, 2.05) is 48.2 Å². The molecule has 2 aromatic carbocycles. The average Bonchev–Trinajstić information content (AvgIpc) is 3.35. The predicted octanol–water partition coefficient (Wildman–Crippen LogP) is 4.87. The number of piperidine rings is 1. The molecule has 1 aliphatic heterocycles. The first kappa shape index (κ1) is 22.8. The van der Waals surface area contributed by atoms with Crippen LogP contribution in [0.2, 0.25) is 0 Å². The molecule has 0 radical (unpaired) electrons. The number of aryl methyl sites for hydroxylation is 1. The highest BCUT2D eigenvalue weighted by Gasteiger charge is 2.27. The van der Waals surface area contributed by atoms with Crippen LogP contribution in [0.15, 0.2) is 53.1 Å². The number of likely N-dealkylation sites (tertiary alicyclic amines) is 1. The number of hydrogen-bond donors (Lipinski definition) is 0. The van der Waals surface area contributed by atoms with Crippen molar-refractivity contribution in [2.24, 2.45) is 0 Å². The zero-order valence-electron chi connectivity index (χ0n) is 19.3. The first-order valence-corrected chi connectivity index (χ1v) is 11.6. The lowest BCUT2D eigenvalue weighted by molar-refractivity contribution is -0.132. The van der Waals surface area contributed by atoms with Crippen molar-refractivity contribution in [1.82, 2.24) is 15.0 Å². The third kappa shape index (κ3) is 5.72. The van der Waals surface area contributed by atoms with E-state index in [0.29, 0.717) is 36.2 Å². The van der Waals surface area contributed by atoms with Crippen LogP contribution in [0.5, 0.6) is 11.5 Å². The van der Waals surface area contributed by atoms with E-state index >= 15 is 0 Å². The summed E-state index contributed by atoms with van der Waals surface area (Å²) < 4.78 is 16.6. The molecule has 7 heteroatoms. The molecule has 1 fully saturated rings. The maximum Gasteiger partial charge on any atom is 0.230 e. The van der Waals surface area contributed by atoms with Crippen LogP contribution >= 0.6 is 0 Å². The van der Waals surface area contributed by atoms with E-state index in [0.717, 1.165) is 44.3 Å². The third-order valence-corrected chi connectivity index (χ3v) is 6.06. The molecule has 1 aliphatic rings. The molecule has 0 spiro atoms. The van der Waals surface area contributed by atoms with Crippen LogP contribution in [0.3, 0.4) is 0 Å². The number of carbonyl (C=O) groups excluding carboxylic acids is 1. The van der Waals surface area contributed by atoms with Gasteiger partial charge in [0.25, 0.3) is 0 Å². The van der Waals surface area contributed by atoms with Gasteiger partial charge in [0.15, 0.2) is 11.5 Å². The quantitative estimate of drug-likeness (QED) is 0.464. The Labute approximate surface area is 194 Å². The van der Waals surface area contributed by atoms with Gasteiger partial charge in [-0.15, -0.1) is 0 Å². The number of carbonyl (C=O) groups is 1. The summed E-state index contributed by atoms with van der Waals surface area (Å²) in [5.41, 5.74) is 2.10. The van der Waals surface area contributed by atoms with Crippen LogP contribution in [-0.4, -0.2) is 47.8 Å². The van der Waals surface area contributed by atoms with Gasteiger partial charge in [-0.2, -0.15) is 4.98 Å². The zero-order valence-corrected chi connectivity index (χ0v) is 19.3. The van der Waals surface area contributed by atoms with Gasteiger partial charge in [-0.25, -0.2) is 0 Å². The van der Waals surface area contributed by atoms with E-state index in [-0.39, 0.29) is 11.8 Å². The van der Waals surface area contributed by atoms with Crippen LogP contribution in [0.25, 0.3) is 11.4 Å². The lowest BCUT2D eigenvalue weighted by Crippen LogP contribution is -2.37. The molecule has 0 atom stereocenters. The number of hydrogen-bond acceptors (Lipinski definition) is 6. The number of methoxy groups -OCH3 is 1. The van der Waals surface area contributed by atoms with Gasteiger partial charge in [0.2, 0.25) is 17.6 Å². The molecule has 3 aromatic rings. The van der Waals surface area contributed by atoms with Gasteiger partial charge in [-0.1, -0.05) is 35.5 Å². The fourth-order valence-electron chi connectivity index (χ4n) is 4.22. The molecule has 1 amide bonds. The van der Waals surface area contributed by atoms with Crippen molar-refractivity contribution in [3.8, 4) is 22.9 Å². The molecule has 1 saturated heterocycles. The molecule has 0 unspecified atom stereocenters. The summed E-state index contributed by atoms with van der Waals surface area (Å²) in [7, 11) is 1.61. The predicted molar refractivity (Wildman–Crippen MR) is 125 cm³/mol. The van der Waals surface area contributed by atoms with Crippen molar-refractivity contribution in [2.45, 2.75) is 44.9 Å². The van der Waals surface area contributed by atoms with Crippen LogP contribution in [0.4, 0.5) is 0 Å². The third-order valence-electron chi connectivity index (χ3n) is 6.06. The summed E-state index contributed by atoms with van der Waals surface area (Å²) in [5, 5.41) is 4.17. The number of benzene rings is 2. The molecule has 174 valence electrons. The number of amides is 1. The average molecular weight is 450 g/mol. The lowest BCUT2D eigenvalue weighted by atomic mass is 9.96. The summed E-state index contributed by atoms with van der Waals surface area (Å²) in [6, 6.07) is 15.9. The molecule has 0 bridgehead atoms. The Hall–Kier alpha value is -3.35. The Bertz CT molecular complexity index is 1040. The van der Waals surface area contributed by atoms with Gasteiger partial charge in [0, 0.05) is 31.0 Å². The Kier molecular flexibility index (Phi) is 7.60. The topological polar surface area (TPSA) is 77.7 Å². The summed E-state index contributed by atoms with van der Waals surface area (Å²) in [5.74, 6) is 2.90. The van der Waals surface area contributed by atoms with E-state index < -0.39 is 0 Å². The van der Waals surface area contributed by atoms with Crippen molar-refractivity contribution < 1.29 is 18.8 Å². The first-order valence-electron chi connectivity index (χ1n) is 11.6. The summed E-state index contributed by atoms with van der Waals surface area (Å²) in [6.45, 7) is 3.95. The molecular formula is C26H31N3O4. The van der Waals surface area contributed by atoms with Gasteiger partial charge in [-0.3, -0.25) is 4.79 Å². The highest BCUT2D eigenvalue weighted by molar-refractivity contribution is 5.76. The van der Waals surface area contributed by atoms with E-state index in [2.05, 4.69) is 22.3 Å². The molecule has 33 heavy (non-hydrogen) atoms. The number of ether oxygens (including phenoxy) is 2. The van der Waals surface area contributed by atoms with Crippen LogP contribution in [0, 0.1) is 0 Å². The largest absolute Gasteiger partial charge is 0.493 e. The van der Waals surface area contributed by atoms with Crippen LogP contribution < -0.4 is 9.47 Å². The molecule has 7 nitrogen and oxygen atoms in total. The van der Waals surface area contributed by atoms with E-state index in [9.17, 15) is 4.79 Å². The van der Waals surface area contributed by atoms with Crippen molar-refractivity contribution >= 4 is 5.91 Å². The fourth-order valence-corrected chi connectivity index (χ4v) is 4.22. The van der Waals surface area contributed by atoms with E-state index in [4.69, 9.17) is 14.0 Å². The number of rotatable bonds is 9. The van der Waals surface area contributed by atoms with Gasteiger partial charge in [0.1, 0.15) is 0 Å². The normalized spacial score (nSPS) is 14.3. The summed E-state index contributed by atoms with van der Waals surface area (Å²) in [6.07, 6.45) is 4.06. The van der Waals surface area contributed by atoms with Gasteiger partial charge in [0.05, 0.1) is 13.7 Å². The van der Waals surface area contributed by atoms with E-state index in [1.54, 1.807) is 7.11 Å². The smallest absolute Gasteiger partial charge is 0.230 e. The molecule has 0 N–H and O–H groups in total. The Morgan fingerprint density at radius 2 is 1.91 bits per heavy atom. The number of nitrogens with zero attached hydrogens (tertiary/aromatic N) is 3. The van der Waals surface area contributed by atoms with Gasteiger partial charge in [-0.05, 0) is 56.4 Å². The molecule has 0 saturated carbocycles. The van der Waals surface area contributed by atoms with Gasteiger partial charge >= 0.3 is 0 Å². The minimum atomic E-state index is 0.171. The maximum atomic E-state index is 12.6. The highest BCUT2D eigenvalue weighted by Crippen LogP contribution is 2.33. The second-order valence-corrected chi connectivity index (χ2v) is 8.25. The highest BCUT2D eigenvalue weighted by atomic mass is 16.5. The maximum absolute atomic E-state index is 12.6. The van der Waals surface area contributed by atoms with E-state index in [1.165, 1.54) is 5.56 Å². The van der Waals surface area contributed by atoms with Crippen molar-refractivity contribution in [1.29, 1.82) is 0 Å². The molecule has 1 aromatic heterocycles. The van der Waals surface area contributed by atoms with Crippen molar-refractivity contribution in [3.63, 3.8) is 0 Å². The minimum absolute atomic E-state index is 0.171. The first-order chi connectivity index (χ1) is 16.2. The second kappa shape index (κ2) is 11.0. The molecule has 2 heterocycles. The molecule has 0 aliphatic carbocycles. The second-order valence-electron chi connectivity index (χ2n) is 8.25. The van der Waals surface area contributed by atoms with Crippen molar-refractivity contribution in [2.75, 3.05) is 26.8 Å². The van der Waals surface area contributed by atoms with Gasteiger partial charge < -0.3 is 18.9 Å². The Morgan fingerprint density at radius 3 is 2.64 bits per heavy atom. The summed E-state index contributed by atoms with van der Waals surface area (Å²) >= 11 is 0. The summed E-state index contributed by atoms with van der Waals surface area (Å²) in [4.78, 5) is 19.2. The Balaban J connectivity index is 1.29. The molecular weight excluding hydrogens is 418 g/mol. The van der Waals surface area contributed by atoms with Crippen LogP contribution in [-0.2, 0) is 11.2 Å². The fraction of sp³-hybridized carbons (Fsp3) is 0.423. The Morgan fingerprint density at radius 1 is 1.12 bits per heavy atom. The van der Waals surface area contributed by atoms with Crippen molar-refractivity contribution in [3.05, 3.63) is 60.0 Å². The number of aromatic nitrogens is 2. The lowest BCUT2D eigenvalue weighted by Gasteiger charge is -2.30. The standard InChI is InChI=1S/C26H31N3O4/c1-3-32-22-13-12-21(18-23(22)31-2)25-27-26(33-28-25)20-14-16-29(17-15-20)24(30)11-7-10-19-8-5-4-6-9-19/h4-6,8-9,12-13,18,20H,3,7,10-11,14-17H2,1-2H3. The zero-order chi connectivity index (χ0) is 23.0. The van der Waals surface area contributed by atoms with Crippen LogP contribution in [0.1, 0.15) is 50.0 Å².